The molecule has 0 saturated heterocycles. The van der Waals surface area contributed by atoms with Crippen molar-refractivity contribution in [3.63, 3.8) is 0 Å². The minimum Gasteiger partial charge on any atom is -0.469 e. The standard InChI is InChI=1S/C14H16ClFN2O/c15-11-4-3-10(14(16)9-11)8-12(18-17)5-6-13-2-1-7-19-13/h1-4,7,9,12,18H,5-6,8,17H2. The van der Waals surface area contributed by atoms with Crippen LogP contribution >= 0.6 is 11.6 Å². The van der Waals surface area contributed by atoms with Gasteiger partial charge in [0.25, 0.3) is 0 Å². The van der Waals surface area contributed by atoms with Crippen molar-refractivity contribution < 1.29 is 8.81 Å². The number of rotatable bonds is 6. The molecule has 0 radical (unpaired) electrons. The summed E-state index contributed by atoms with van der Waals surface area (Å²) in [6, 6.07) is 8.43. The fraction of sp³-hybridized carbons (Fsp3) is 0.286. The van der Waals surface area contributed by atoms with Crippen LogP contribution in [0.25, 0.3) is 0 Å². The highest BCUT2D eigenvalue weighted by Gasteiger charge is 2.12. The molecule has 19 heavy (non-hydrogen) atoms. The van der Waals surface area contributed by atoms with Crippen molar-refractivity contribution in [3.05, 3.63) is 58.8 Å². The molecule has 3 nitrogen and oxygen atoms in total. The fourth-order valence-corrected chi connectivity index (χ4v) is 2.13. The van der Waals surface area contributed by atoms with Crippen molar-refractivity contribution >= 4 is 11.6 Å². The lowest BCUT2D eigenvalue weighted by atomic mass is 10.0. The van der Waals surface area contributed by atoms with E-state index in [9.17, 15) is 4.39 Å². The number of furan rings is 1. The number of hydrogen-bond acceptors (Lipinski definition) is 3. The van der Waals surface area contributed by atoms with E-state index in [0.29, 0.717) is 17.0 Å². The Labute approximate surface area is 116 Å². The van der Waals surface area contributed by atoms with E-state index < -0.39 is 0 Å². The van der Waals surface area contributed by atoms with Gasteiger partial charge in [-0.3, -0.25) is 11.3 Å². The van der Waals surface area contributed by atoms with E-state index in [1.54, 1.807) is 18.4 Å². The van der Waals surface area contributed by atoms with E-state index >= 15 is 0 Å². The van der Waals surface area contributed by atoms with Gasteiger partial charge in [-0.05, 0) is 42.7 Å². The van der Waals surface area contributed by atoms with Crippen LogP contribution in [0.5, 0.6) is 0 Å². The van der Waals surface area contributed by atoms with Crippen molar-refractivity contribution in [2.75, 3.05) is 0 Å². The monoisotopic (exact) mass is 282 g/mol. The number of nitrogens with two attached hydrogens (primary N) is 1. The van der Waals surface area contributed by atoms with Crippen molar-refractivity contribution in [1.29, 1.82) is 0 Å². The number of benzene rings is 1. The molecule has 102 valence electrons. The van der Waals surface area contributed by atoms with Crippen LogP contribution in [-0.4, -0.2) is 6.04 Å². The minimum absolute atomic E-state index is 0.0132. The van der Waals surface area contributed by atoms with Gasteiger partial charge in [-0.1, -0.05) is 17.7 Å². The lowest BCUT2D eigenvalue weighted by Gasteiger charge is -2.15. The molecule has 2 rings (SSSR count). The first-order chi connectivity index (χ1) is 9.19. The number of nitrogens with one attached hydrogen (secondary N) is 1. The van der Waals surface area contributed by atoms with E-state index in [1.807, 2.05) is 12.1 Å². The van der Waals surface area contributed by atoms with Gasteiger partial charge in [0.15, 0.2) is 0 Å². The van der Waals surface area contributed by atoms with E-state index in [1.165, 1.54) is 6.07 Å². The Hall–Kier alpha value is -1.36. The molecule has 1 unspecified atom stereocenters. The highest BCUT2D eigenvalue weighted by atomic mass is 35.5. The zero-order chi connectivity index (χ0) is 13.7. The topological polar surface area (TPSA) is 51.2 Å². The van der Waals surface area contributed by atoms with Crippen LogP contribution in [-0.2, 0) is 12.8 Å². The molecule has 1 aromatic carbocycles. The summed E-state index contributed by atoms with van der Waals surface area (Å²) in [6.45, 7) is 0. The van der Waals surface area contributed by atoms with Gasteiger partial charge in [0.05, 0.1) is 6.26 Å². The Morgan fingerprint density at radius 1 is 1.37 bits per heavy atom. The summed E-state index contributed by atoms with van der Waals surface area (Å²) in [4.78, 5) is 0. The molecule has 0 fully saturated rings. The van der Waals surface area contributed by atoms with Gasteiger partial charge in [0.1, 0.15) is 11.6 Å². The Balaban J connectivity index is 1.94. The summed E-state index contributed by atoms with van der Waals surface area (Å²) in [6.07, 6.45) is 3.68. The summed E-state index contributed by atoms with van der Waals surface area (Å²) in [7, 11) is 0. The molecule has 0 aliphatic rings. The molecule has 2 aromatic rings. The molecule has 5 heteroatoms. The molecular formula is C14H16ClFN2O. The van der Waals surface area contributed by atoms with Crippen LogP contribution in [0, 0.1) is 5.82 Å². The average molecular weight is 283 g/mol. The number of halogens is 2. The Morgan fingerprint density at radius 3 is 2.84 bits per heavy atom. The third-order valence-corrected chi connectivity index (χ3v) is 3.27. The van der Waals surface area contributed by atoms with Gasteiger partial charge in [0.2, 0.25) is 0 Å². The second-order valence-corrected chi connectivity index (χ2v) is 4.86. The van der Waals surface area contributed by atoms with Crippen LogP contribution in [0.2, 0.25) is 5.02 Å². The highest BCUT2D eigenvalue weighted by Crippen LogP contribution is 2.17. The van der Waals surface area contributed by atoms with Gasteiger partial charge >= 0.3 is 0 Å². The largest absolute Gasteiger partial charge is 0.469 e. The van der Waals surface area contributed by atoms with Crippen molar-refractivity contribution in [1.82, 2.24) is 5.43 Å². The zero-order valence-corrected chi connectivity index (χ0v) is 11.2. The van der Waals surface area contributed by atoms with Gasteiger partial charge in [0, 0.05) is 17.5 Å². The second kappa shape index (κ2) is 6.70. The second-order valence-electron chi connectivity index (χ2n) is 4.42. The third-order valence-electron chi connectivity index (χ3n) is 3.04. The lowest BCUT2D eigenvalue weighted by Crippen LogP contribution is -2.37. The van der Waals surface area contributed by atoms with Crippen molar-refractivity contribution in [2.45, 2.75) is 25.3 Å². The Morgan fingerprint density at radius 2 is 2.21 bits per heavy atom. The summed E-state index contributed by atoms with van der Waals surface area (Å²) >= 11 is 5.72. The SMILES string of the molecule is NNC(CCc1ccco1)Cc1ccc(Cl)cc1F. The van der Waals surface area contributed by atoms with E-state index in [2.05, 4.69) is 5.43 Å². The molecule has 1 aromatic heterocycles. The zero-order valence-electron chi connectivity index (χ0n) is 10.4. The lowest BCUT2D eigenvalue weighted by molar-refractivity contribution is 0.443. The van der Waals surface area contributed by atoms with Crippen LogP contribution in [0.1, 0.15) is 17.7 Å². The Bertz CT molecular complexity index is 516. The number of aryl methyl sites for hydroxylation is 1. The maximum absolute atomic E-state index is 13.7. The van der Waals surface area contributed by atoms with Gasteiger partial charge < -0.3 is 4.42 Å². The maximum atomic E-state index is 13.7. The molecule has 1 atom stereocenters. The molecule has 0 amide bonds. The predicted octanol–water partition coefficient (Wildman–Crippen LogP) is 3.08. The van der Waals surface area contributed by atoms with Crippen molar-refractivity contribution in [2.24, 2.45) is 5.84 Å². The van der Waals surface area contributed by atoms with Crippen molar-refractivity contribution in [3.8, 4) is 0 Å². The normalized spacial score (nSPS) is 12.6. The average Bonchev–Trinajstić information content (AvgIpc) is 2.90. The summed E-state index contributed by atoms with van der Waals surface area (Å²) in [5.41, 5.74) is 3.32. The van der Waals surface area contributed by atoms with Gasteiger partial charge in [-0.15, -0.1) is 0 Å². The van der Waals surface area contributed by atoms with E-state index in [-0.39, 0.29) is 11.9 Å². The number of hydrogen-bond donors (Lipinski definition) is 2. The Kier molecular flexibility index (Phi) is 4.96. The minimum atomic E-state index is -0.300. The van der Waals surface area contributed by atoms with Crippen LogP contribution in [0.4, 0.5) is 4.39 Å². The van der Waals surface area contributed by atoms with Crippen LogP contribution < -0.4 is 11.3 Å². The van der Waals surface area contributed by atoms with Crippen LogP contribution in [0.3, 0.4) is 0 Å². The predicted molar refractivity (Wildman–Crippen MR) is 73.3 cm³/mol. The number of hydrazine groups is 1. The third kappa shape index (κ3) is 4.06. The summed E-state index contributed by atoms with van der Waals surface area (Å²) in [5.74, 6) is 6.11. The van der Waals surface area contributed by atoms with Gasteiger partial charge in [-0.2, -0.15) is 0 Å². The van der Waals surface area contributed by atoms with E-state index in [0.717, 1.165) is 18.6 Å². The smallest absolute Gasteiger partial charge is 0.127 e. The summed E-state index contributed by atoms with van der Waals surface area (Å²) in [5, 5.41) is 0.397. The molecule has 0 aliphatic carbocycles. The first-order valence-electron chi connectivity index (χ1n) is 6.11. The first kappa shape index (κ1) is 14.1. The molecule has 0 saturated carbocycles. The summed E-state index contributed by atoms with van der Waals surface area (Å²) < 4.78 is 18.9. The molecule has 3 N–H and O–H groups in total. The molecule has 0 bridgehead atoms. The van der Waals surface area contributed by atoms with Crippen LogP contribution in [0.15, 0.2) is 41.0 Å². The molecule has 0 aliphatic heterocycles. The molecular weight excluding hydrogens is 267 g/mol. The molecule has 1 heterocycles. The highest BCUT2D eigenvalue weighted by molar-refractivity contribution is 6.30. The fourth-order valence-electron chi connectivity index (χ4n) is 1.97. The quantitative estimate of drug-likeness (QED) is 0.632. The first-order valence-corrected chi connectivity index (χ1v) is 6.49. The van der Waals surface area contributed by atoms with E-state index in [4.69, 9.17) is 21.9 Å². The molecule has 0 spiro atoms. The maximum Gasteiger partial charge on any atom is 0.127 e. The van der Waals surface area contributed by atoms with Gasteiger partial charge in [-0.25, -0.2) is 4.39 Å².